The Labute approximate surface area is 172 Å². The monoisotopic (exact) mass is 434 g/mol. The zero-order chi connectivity index (χ0) is 20.0. The second-order valence-corrected chi connectivity index (χ2v) is 9.83. The predicted octanol–water partition coefficient (Wildman–Crippen LogP) is 4.77. The van der Waals surface area contributed by atoms with Crippen LogP contribution in [0.1, 0.15) is 58.3 Å². The normalized spacial score (nSPS) is 17.6. The smallest absolute Gasteiger partial charge is 0.244 e. The van der Waals surface area contributed by atoms with Gasteiger partial charge in [-0.1, -0.05) is 62.2 Å². The number of sulfonamides is 1. The van der Waals surface area contributed by atoms with E-state index < -0.39 is 16.1 Å². The minimum absolute atomic E-state index is 0.0862. The molecule has 2 rings (SSSR count). The van der Waals surface area contributed by atoms with Gasteiger partial charge in [-0.25, -0.2) is 8.42 Å². The number of carbonyl (C=O) groups is 1. The number of anilines is 1. The van der Waals surface area contributed by atoms with E-state index in [1.807, 2.05) is 0 Å². The van der Waals surface area contributed by atoms with Crippen LogP contribution in [0.2, 0.25) is 10.0 Å². The van der Waals surface area contributed by atoms with Gasteiger partial charge in [0.25, 0.3) is 0 Å². The maximum atomic E-state index is 13.0. The number of rotatable bonds is 6. The van der Waals surface area contributed by atoms with Crippen molar-refractivity contribution < 1.29 is 13.2 Å². The zero-order valence-electron chi connectivity index (χ0n) is 15.9. The molecule has 0 radical (unpaired) electrons. The number of carbonyl (C=O) groups excluding carboxylic acids is 1. The topological polar surface area (TPSA) is 66.5 Å². The summed E-state index contributed by atoms with van der Waals surface area (Å²) in [6, 6.07) is 3.82. The summed E-state index contributed by atoms with van der Waals surface area (Å²) < 4.78 is 26.2. The molecule has 1 aromatic rings. The van der Waals surface area contributed by atoms with Crippen molar-refractivity contribution in [3.8, 4) is 0 Å². The molecule has 152 valence electrons. The third kappa shape index (κ3) is 6.26. The second kappa shape index (κ2) is 9.99. The van der Waals surface area contributed by atoms with Gasteiger partial charge >= 0.3 is 0 Å². The third-order valence-electron chi connectivity index (χ3n) is 4.93. The van der Waals surface area contributed by atoms with Gasteiger partial charge in [0.15, 0.2) is 0 Å². The van der Waals surface area contributed by atoms with Crippen molar-refractivity contribution in [1.29, 1.82) is 0 Å². The lowest BCUT2D eigenvalue weighted by Gasteiger charge is -2.32. The van der Waals surface area contributed by atoms with Crippen LogP contribution < -0.4 is 9.62 Å². The summed E-state index contributed by atoms with van der Waals surface area (Å²) in [5.74, 6) is -0.287. The van der Waals surface area contributed by atoms with Gasteiger partial charge < -0.3 is 5.32 Å². The lowest BCUT2D eigenvalue weighted by atomic mass is 9.96. The molecule has 1 fully saturated rings. The summed E-state index contributed by atoms with van der Waals surface area (Å²) in [7, 11) is -3.74. The highest BCUT2D eigenvalue weighted by Gasteiger charge is 2.33. The molecule has 0 unspecified atom stereocenters. The fourth-order valence-electron chi connectivity index (χ4n) is 3.59. The lowest BCUT2D eigenvalue weighted by Crippen LogP contribution is -2.51. The number of hydrogen-bond donors (Lipinski definition) is 1. The summed E-state index contributed by atoms with van der Waals surface area (Å²) >= 11 is 12.3. The quantitative estimate of drug-likeness (QED) is 0.700. The van der Waals surface area contributed by atoms with Gasteiger partial charge in [-0.2, -0.15) is 0 Å². The predicted molar refractivity (Wildman–Crippen MR) is 112 cm³/mol. The molecule has 1 atom stereocenters. The Morgan fingerprint density at radius 2 is 1.78 bits per heavy atom. The van der Waals surface area contributed by atoms with Crippen LogP contribution in [0.25, 0.3) is 0 Å². The van der Waals surface area contributed by atoms with Crippen LogP contribution in [0, 0.1) is 0 Å². The van der Waals surface area contributed by atoms with Gasteiger partial charge in [0.2, 0.25) is 15.9 Å². The molecule has 1 aromatic carbocycles. The molecule has 8 heteroatoms. The number of benzene rings is 1. The Bertz CT molecular complexity index is 747. The zero-order valence-corrected chi connectivity index (χ0v) is 18.2. The Kier molecular flexibility index (Phi) is 8.25. The van der Waals surface area contributed by atoms with Gasteiger partial charge in [0.05, 0.1) is 17.0 Å². The number of nitrogens with one attached hydrogen (secondary N) is 1. The van der Waals surface area contributed by atoms with Crippen molar-refractivity contribution in [2.45, 2.75) is 70.4 Å². The molecule has 0 aliphatic heterocycles. The largest absolute Gasteiger partial charge is 0.352 e. The molecule has 1 aliphatic rings. The van der Waals surface area contributed by atoms with Crippen molar-refractivity contribution in [2.24, 2.45) is 0 Å². The van der Waals surface area contributed by atoms with Crippen molar-refractivity contribution in [1.82, 2.24) is 5.32 Å². The highest BCUT2D eigenvalue weighted by molar-refractivity contribution is 7.92. The summed E-state index contributed by atoms with van der Waals surface area (Å²) in [5, 5.41) is 3.67. The van der Waals surface area contributed by atoms with Crippen molar-refractivity contribution in [3.05, 3.63) is 28.2 Å². The van der Waals surface area contributed by atoms with Gasteiger partial charge in [0, 0.05) is 11.1 Å². The average molecular weight is 435 g/mol. The van der Waals surface area contributed by atoms with E-state index in [1.165, 1.54) is 31.4 Å². The van der Waals surface area contributed by atoms with Gasteiger partial charge in [-0.05, 0) is 37.5 Å². The SMILES string of the molecule is CC[C@@H](C(=O)NC1CCCCCCC1)N(c1cc(Cl)ccc1Cl)S(C)(=O)=O. The van der Waals surface area contributed by atoms with Crippen molar-refractivity contribution in [3.63, 3.8) is 0 Å². The first-order valence-electron chi connectivity index (χ1n) is 9.49. The fraction of sp³-hybridized carbons (Fsp3) is 0.632. The van der Waals surface area contributed by atoms with Crippen LogP contribution in [0.4, 0.5) is 5.69 Å². The van der Waals surface area contributed by atoms with Crippen LogP contribution in [-0.2, 0) is 14.8 Å². The molecule has 5 nitrogen and oxygen atoms in total. The minimum Gasteiger partial charge on any atom is -0.352 e. The molecule has 0 aromatic heterocycles. The maximum absolute atomic E-state index is 13.0. The molecule has 1 N–H and O–H groups in total. The van der Waals surface area contributed by atoms with Crippen LogP contribution in [0.5, 0.6) is 0 Å². The first kappa shape index (κ1) is 22.3. The summed E-state index contributed by atoms with van der Waals surface area (Å²) in [6.07, 6.45) is 9.03. The number of hydrogen-bond acceptors (Lipinski definition) is 3. The van der Waals surface area contributed by atoms with E-state index in [-0.39, 0.29) is 22.7 Å². The minimum atomic E-state index is -3.74. The molecule has 0 bridgehead atoms. The first-order chi connectivity index (χ1) is 12.7. The molecule has 0 saturated heterocycles. The summed E-state index contributed by atoms with van der Waals surface area (Å²) in [6.45, 7) is 1.79. The second-order valence-electron chi connectivity index (χ2n) is 7.13. The van der Waals surface area contributed by atoms with Crippen LogP contribution in [-0.4, -0.2) is 32.7 Å². The van der Waals surface area contributed by atoms with E-state index in [0.29, 0.717) is 11.4 Å². The third-order valence-corrected chi connectivity index (χ3v) is 6.65. The standard InChI is InChI=1S/C19H28Cl2N2O3S/c1-3-17(19(24)22-15-9-7-5-4-6-8-10-15)23(27(2,25)26)18-13-14(20)11-12-16(18)21/h11-13,15,17H,3-10H2,1-2H3,(H,22,24)/t17-/m0/s1. The van der Waals surface area contributed by atoms with Gasteiger partial charge in [-0.15, -0.1) is 0 Å². The van der Waals surface area contributed by atoms with Crippen LogP contribution in [0.3, 0.4) is 0 Å². The molecule has 1 amide bonds. The van der Waals surface area contributed by atoms with Crippen LogP contribution >= 0.6 is 23.2 Å². The Morgan fingerprint density at radius 3 is 2.33 bits per heavy atom. The lowest BCUT2D eigenvalue weighted by molar-refractivity contribution is -0.123. The molecular formula is C19H28Cl2N2O3S. The van der Waals surface area contributed by atoms with Crippen molar-refractivity contribution >= 4 is 44.8 Å². The molecule has 0 heterocycles. The van der Waals surface area contributed by atoms with E-state index in [4.69, 9.17) is 23.2 Å². The number of amides is 1. The van der Waals surface area contributed by atoms with Crippen LogP contribution in [0.15, 0.2) is 18.2 Å². The maximum Gasteiger partial charge on any atom is 0.244 e. The molecule has 1 aliphatic carbocycles. The highest BCUT2D eigenvalue weighted by Crippen LogP contribution is 2.33. The van der Waals surface area contributed by atoms with E-state index in [2.05, 4.69) is 5.32 Å². The van der Waals surface area contributed by atoms with E-state index in [9.17, 15) is 13.2 Å². The molecular weight excluding hydrogens is 407 g/mol. The summed E-state index contributed by atoms with van der Waals surface area (Å²) in [5.41, 5.74) is 0.228. The molecule has 0 spiro atoms. The molecule has 27 heavy (non-hydrogen) atoms. The number of halogens is 2. The first-order valence-corrected chi connectivity index (χ1v) is 12.1. The van der Waals surface area contributed by atoms with E-state index in [1.54, 1.807) is 13.0 Å². The fourth-order valence-corrected chi connectivity index (χ4v) is 5.23. The van der Waals surface area contributed by atoms with Gasteiger partial charge in [0.1, 0.15) is 6.04 Å². The molecule has 1 saturated carbocycles. The Hall–Kier alpha value is -0.980. The Morgan fingerprint density at radius 1 is 1.19 bits per heavy atom. The highest BCUT2D eigenvalue weighted by atomic mass is 35.5. The summed E-state index contributed by atoms with van der Waals surface area (Å²) in [4.78, 5) is 13.0. The number of nitrogens with zero attached hydrogens (tertiary/aromatic N) is 1. The van der Waals surface area contributed by atoms with E-state index in [0.717, 1.165) is 36.2 Å². The van der Waals surface area contributed by atoms with E-state index >= 15 is 0 Å². The Balaban J connectivity index is 2.29. The average Bonchev–Trinajstić information content (AvgIpc) is 2.56. The van der Waals surface area contributed by atoms with Gasteiger partial charge in [-0.3, -0.25) is 9.10 Å². The van der Waals surface area contributed by atoms with Crippen molar-refractivity contribution in [2.75, 3.05) is 10.6 Å².